The van der Waals surface area contributed by atoms with Crippen LogP contribution in [0.3, 0.4) is 0 Å². The third-order valence-corrected chi connectivity index (χ3v) is 4.36. The SMILES string of the molecule is c1ccc2c(c1)CCC(Nc1ccnc3ccccc13)C2. The summed E-state index contributed by atoms with van der Waals surface area (Å²) in [5, 5.41) is 4.93. The highest BCUT2D eigenvalue weighted by molar-refractivity contribution is 5.90. The molecule has 2 nitrogen and oxygen atoms in total. The average molecular weight is 274 g/mol. The maximum Gasteiger partial charge on any atom is 0.0722 e. The molecule has 0 radical (unpaired) electrons. The van der Waals surface area contributed by atoms with Gasteiger partial charge < -0.3 is 5.32 Å². The standard InChI is InChI=1S/C19H18N2/c1-2-6-15-13-16(10-9-14(15)5-1)21-19-11-12-20-18-8-4-3-7-17(18)19/h1-8,11-12,16H,9-10,13H2,(H,20,21). The lowest BCUT2D eigenvalue weighted by molar-refractivity contribution is 0.611. The maximum absolute atomic E-state index is 4.43. The normalized spacial score (nSPS) is 17.4. The van der Waals surface area contributed by atoms with Gasteiger partial charge in [0, 0.05) is 23.3 Å². The second-order valence-corrected chi connectivity index (χ2v) is 5.73. The zero-order valence-electron chi connectivity index (χ0n) is 11.9. The molecule has 0 amide bonds. The highest BCUT2D eigenvalue weighted by atomic mass is 14.9. The smallest absolute Gasteiger partial charge is 0.0722 e. The number of anilines is 1. The van der Waals surface area contributed by atoms with Gasteiger partial charge in [0.25, 0.3) is 0 Å². The molecule has 0 fully saturated rings. The van der Waals surface area contributed by atoms with Crippen LogP contribution in [0.15, 0.2) is 60.8 Å². The molecule has 0 saturated carbocycles. The van der Waals surface area contributed by atoms with Crippen molar-refractivity contribution in [2.45, 2.75) is 25.3 Å². The van der Waals surface area contributed by atoms with E-state index >= 15 is 0 Å². The largest absolute Gasteiger partial charge is 0.381 e. The summed E-state index contributed by atoms with van der Waals surface area (Å²) in [7, 11) is 0. The van der Waals surface area contributed by atoms with E-state index in [-0.39, 0.29) is 0 Å². The fourth-order valence-corrected chi connectivity index (χ4v) is 3.26. The molecule has 104 valence electrons. The Morgan fingerprint density at radius 2 is 1.71 bits per heavy atom. The van der Waals surface area contributed by atoms with E-state index in [2.05, 4.69) is 58.8 Å². The first-order valence-electron chi connectivity index (χ1n) is 7.57. The van der Waals surface area contributed by atoms with Crippen LogP contribution in [-0.4, -0.2) is 11.0 Å². The highest BCUT2D eigenvalue weighted by Crippen LogP contribution is 2.26. The minimum absolute atomic E-state index is 0.505. The lowest BCUT2D eigenvalue weighted by Crippen LogP contribution is -2.27. The molecule has 2 heteroatoms. The molecular weight excluding hydrogens is 256 g/mol. The van der Waals surface area contributed by atoms with Gasteiger partial charge in [-0.15, -0.1) is 0 Å². The summed E-state index contributed by atoms with van der Waals surface area (Å²) in [6.07, 6.45) is 5.35. The second-order valence-electron chi connectivity index (χ2n) is 5.73. The Morgan fingerprint density at radius 3 is 2.67 bits per heavy atom. The van der Waals surface area contributed by atoms with E-state index in [1.807, 2.05) is 12.3 Å². The molecular formula is C19H18N2. The number of para-hydroxylation sites is 1. The Kier molecular flexibility index (Phi) is 3.07. The quantitative estimate of drug-likeness (QED) is 0.757. The Morgan fingerprint density at radius 1 is 0.905 bits per heavy atom. The summed E-state index contributed by atoms with van der Waals surface area (Å²) < 4.78 is 0. The van der Waals surface area contributed by atoms with Gasteiger partial charge in [-0.3, -0.25) is 4.98 Å². The number of fused-ring (bicyclic) bond motifs is 2. The molecule has 3 aromatic rings. The van der Waals surface area contributed by atoms with E-state index in [1.165, 1.54) is 28.6 Å². The van der Waals surface area contributed by atoms with Gasteiger partial charge in [-0.1, -0.05) is 42.5 Å². The van der Waals surface area contributed by atoms with Crippen molar-refractivity contribution in [1.82, 2.24) is 4.98 Å². The Labute approximate surface area is 124 Å². The Hall–Kier alpha value is -2.35. The van der Waals surface area contributed by atoms with Crippen molar-refractivity contribution in [3.05, 3.63) is 71.9 Å². The van der Waals surface area contributed by atoms with Gasteiger partial charge in [-0.05, 0) is 42.5 Å². The summed E-state index contributed by atoms with van der Waals surface area (Å²) in [4.78, 5) is 4.43. The van der Waals surface area contributed by atoms with Crippen molar-refractivity contribution in [2.75, 3.05) is 5.32 Å². The van der Waals surface area contributed by atoms with E-state index in [0.717, 1.165) is 18.4 Å². The second kappa shape index (κ2) is 5.21. The predicted molar refractivity (Wildman–Crippen MR) is 87.6 cm³/mol. The molecule has 1 aliphatic rings. The monoisotopic (exact) mass is 274 g/mol. The molecule has 2 aromatic carbocycles. The molecule has 1 aromatic heterocycles. The molecule has 4 rings (SSSR count). The van der Waals surface area contributed by atoms with Gasteiger partial charge in [0.1, 0.15) is 0 Å². The first kappa shape index (κ1) is 12.4. The Balaban J connectivity index is 1.62. The maximum atomic E-state index is 4.43. The van der Waals surface area contributed by atoms with Crippen molar-refractivity contribution in [3.63, 3.8) is 0 Å². The molecule has 21 heavy (non-hydrogen) atoms. The number of hydrogen-bond donors (Lipinski definition) is 1. The van der Waals surface area contributed by atoms with Crippen LogP contribution in [0, 0.1) is 0 Å². The number of benzene rings is 2. The van der Waals surface area contributed by atoms with Crippen LogP contribution in [0.25, 0.3) is 10.9 Å². The first-order valence-corrected chi connectivity index (χ1v) is 7.57. The van der Waals surface area contributed by atoms with Crippen molar-refractivity contribution in [2.24, 2.45) is 0 Å². The number of hydrogen-bond acceptors (Lipinski definition) is 2. The van der Waals surface area contributed by atoms with Crippen LogP contribution in [-0.2, 0) is 12.8 Å². The summed E-state index contributed by atoms with van der Waals surface area (Å²) in [5.41, 5.74) is 5.25. The van der Waals surface area contributed by atoms with Gasteiger partial charge >= 0.3 is 0 Å². The molecule has 1 heterocycles. The third-order valence-electron chi connectivity index (χ3n) is 4.36. The topological polar surface area (TPSA) is 24.9 Å². The van der Waals surface area contributed by atoms with Crippen LogP contribution in [0.1, 0.15) is 17.5 Å². The summed E-state index contributed by atoms with van der Waals surface area (Å²) in [5.74, 6) is 0. The molecule has 1 aliphatic carbocycles. The van der Waals surface area contributed by atoms with Crippen LogP contribution in [0.4, 0.5) is 5.69 Å². The third kappa shape index (κ3) is 2.38. The highest BCUT2D eigenvalue weighted by Gasteiger charge is 2.18. The summed E-state index contributed by atoms with van der Waals surface area (Å²) in [6.45, 7) is 0. The van der Waals surface area contributed by atoms with Gasteiger partial charge in [0.2, 0.25) is 0 Å². The summed E-state index contributed by atoms with van der Waals surface area (Å²) >= 11 is 0. The first-order chi connectivity index (χ1) is 10.4. The van der Waals surface area contributed by atoms with E-state index in [4.69, 9.17) is 0 Å². The van der Waals surface area contributed by atoms with Gasteiger partial charge in [0.15, 0.2) is 0 Å². The van der Waals surface area contributed by atoms with Crippen molar-refractivity contribution < 1.29 is 0 Å². The number of nitrogens with zero attached hydrogens (tertiary/aromatic N) is 1. The van der Waals surface area contributed by atoms with Crippen LogP contribution >= 0.6 is 0 Å². The lowest BCUT2D eigenvalue weighted by Gasteiger charge is -2.26. The number of aryl methyl sites for hydroxylation is 1. The van der Waals surface area contributed by atoms with Crippen LogP contribution in [0.2, 0.25) is 0 Å². The van der Waals surface area contributed by atoms with Gasteiger partial charge in [0.05, 0.1) is 5.52 Å². The van der Waals surface area contributed by atoms with E-state index in [0.29, 0.717) is 6.04 Å². The van der Waals surface area contributed by atoms with Gasteiger partial charge in [-0.25, -0.2) is 0 Å². The molecule has 1 atom stereocenters. The lowest BCUT2D eigenvalue weighted by atomic mass is 9.88. The fourth-order valence-electron chi connectivity index (χ4n) is 3.26. The molecule has 0 bridgehead atoms. The number of rotatable bonds is 2. The summed E-state index contributed by atoms with van der Waals surface area (Å²) in [6, 6.07) is 19.7. The van der Waals surface area contributed by atoms with Crippen molar-refractivity contribution in [3.8, 4) is 0 Å². The zero-order valence-corrected chi connectivity index (χ0v) is 11.9. The molecule has 0 saturated heterocycles. The van der Waals surface area contributed by atoms with Gasteiger partial charge in [-0.2, -0.15) is 0 Å². The van der Waals surface area contributed by atoms with Crippen LogP contribution in [0.5, 0.6) is 0 Å². The number of nitrogens with one attached hydrogen (secondary N) is 1. The van der Waals surface area contributed by atoms with Crippen molar-refractivity contribution >= 4 is 16.6 Å². The van der Waals surface area contributed by atoms with E-state index in [9.17, 15) is 0 Å². The average Bonchev–Trinajstić information content (AvgIpc) is 2.55. The minimum atomic E-state index is 0.505. The Bertz CT molecular complexity index is 774. The fraction of sp³-hybridized carbons (Fsp3) is 0.211. The van der Waals surface area contributed by atoms with E-state index in [1.54, 1.807) is 0 Å². The minimum Gasteiger partial charge on any atom is -0.381 e. The van der Waals surface area contributed by atoms with Crippen molar-refractivity contribution in [1.29, 1.82) is 0 Å². The predicted octanol–water partition coefficient (Wildman–Crippen LogP) is 4.20. The molecule has 0 spiro atoms. The molecule has 0 aliphatic heterocycles. The number of aromatic nitrogens is 1. The van der Waals surface area contributed by atoms with E-state index < -0.39 is 0 Å². The molecule has 1 N–H and O–H groups in total. The number of pyridine rings is 1. The van der Waals surface area contributed by atoms with Crippen LogP contribution < -0.4 is 5.32 Å². The zero-order chi connectivity index (χ0) is 14.1. The molecule has 1 unspecified atom stereocenters.